The van der Waals surface area contributed by atoms with E-state index in [0.29, 0.717) is 6.54 Å². The Morgan fingerprint density at radius 2 is 2.16 bits per heavy atom. The molecule has 0 radical (unpaired) electrons. The van der Waals surface area contributed by atoms with Gasteiger partial charge in [-0.3, -0.25) is 4.79 Å². The zero-order chi connectivity index (χ0) is 13.8. The SMILES string of the molecule is CC(CN(C)CCc1c[nH]c2ccccc12)C(=O)O. The molecule has 4 nitrogen and oxygen atoms in total. The fraction of sp³-hybridized carbons (Fsp3) is 0.400. The van der Waals surface area contributed by atoms with Crippen molar-refractivity contribution in [3.63, 3.8) is 0 Å². The van der Waals surface area contributed by atoms with Crippen molar-refractivity contribution < 1.29 is 9.90 Å². The largest absolute Gasteiger partial charge is 0.481 e. The van der Waals surface area contributed by atoms with Crippen LogP contribution in [0.1, 0.15) is 12.5 Å². The lowest BCUT2D eigenvalue weighted by atomic mass is 10.1. The van der Waals surface area contributed by atoms with Crippen molar-refractivity contribution in [2.45, 2.75) is 13.3 Å². The Kier molecular flexibility index (Phi) is 4.22. The van der Waals surface area contributed by atoms with Crippen LogP contribution < -0.4 is 0 Å². The topological polar surface area (TPSA) is 56.3 Å². The lowest BCUT2D eigenvalue weighted by Crippen LogP contribution is -2.30. The van der Waals surface area contributed by atoms with E-state index in [0.717, 1.165) is 18.5 Å². The predicted octanol–water partition coefficient (Wildman–Crippen LogP) is 2.36. The Hall–Kier alpha value is -1.81. The van der Waals surface area contributed by atoms with Gasteiger partial charge in [-0.1, -0.05) is 25.1 Å². The summed E-state index contributed by atoms with van der Waals surface area (Å²) >= 11 is 0. The van der Waals surface area contributed by atoms with Gasteiger partial charge in [0.15, 0.2) is 0 Å². The number of carboxylic acid groups (broad SMARTS) is 1. The smallest absolute Gasteiger partial charge is 0.307 e. The molecule has 1 unspecified atom stereocenters. The Morgan fingerprint density at radius 3 is 2.89 bits per heavy atom. The number of para-hydroxylation sites is 1. The van der Waals surface area contributed by atoms with Gasteiger partial charge in [-0.2, -0.15) is 0 Å². The number of aliphatic carboxylic acids is 1. The number of nitrogens with one attached hydrogen (secondary N) is 1. The summed E-state index contributed by atoms with van der Waals surface area (Å²) < 4.78 is 0. The van der Waals surface area contributed by atoms with E-state index in [1.54, 1.807) is 6.92 Å². The van der Waals surface area contributed by atoms with Gasteiger partial charge in [-0.25, -0.2) is 0 Å². The third kappa shape index (κ3) is 3.35. The van der Waals surface area contributed by atoms with E-state index >= 15 is 0 Å². The number of carboxylic acids is 1. The zero-order valence-corrected chi connectivity index (χ0v) is 11.4. The maximum absolute atomic E-state index is 10.8. The Balaban J connectivity index is 1.93. The number of hydrogen-bond donors (Lipinski definition) is 2. The van der Waals surface area contributed by atoms with E-state index in [1.165, 1.54) is 10.9 Å². The highest BCUT2D eigenvalue weighted by atomic mass is 16.4. The molecule has 19 heavy (non-hydrogen) atoms. The molecule has 2 aromatic rings. The zero-order valence-electron chi connectivity index (χ0n) is 11.4. The number of aromatic amines is 1. The quantitative estimate of drug-likeness (QED) is 0.838. The number of nitrogens with zero attached hydrogens (tertiary/aromatic N) is 1. The van der Waals surface area contributed by atoms with Crippen LogP contribution in [0, 0.1) is 5.92 Å². The second-order valence-corrected chi connectivity index (χ2v) is 5.11. The fourth-order valence-corrected chi connectivity index (χ4v) is 2.29. The highest BCUT2D eigenvalue weighted by Crippen LogP contribution is 2.18. The van der Waals surface area contributed by atoms with Gasteiger partial charge in [0.1, 0.15) is 0 Å². The normalized spacial score (nSPS) is 13.0. The van der Waals surface area contributed by atoms with Crippen molar-refractivity contribution in [3.8, 4) is 0 Å². The lowest BCUT2D eigenvalue weighted by molar-refractivity contribution is -0.141. The summed E-state index contributed by atoms with van der Waals surface area (Å²) in [5, 5.41) is 10.1. The van der Waals surface area contributed by atoms with Crippen LogP contribution in [-0.4, -0.2) is 41.1 Å². The van der Waals surface area contributed by atoms with Crippen molar-refractivity contribution in [2.24, 2.45) is 5.92 Å². The number of H-pyrrole nitrogens is 1. The highest BCUT2D eigenvalue weighted by Gasteiger charge is 2.13. The van der Waals surface area contributed by atoms with Crippen LogP contribution in [0.5, 0.6) is 0 Å². The molecule has 0 aliphatic rings. The third-order valence-corrected chi connectivity index (χ3v) is 3.44. The van der Waals surface area contributed by atoms with Gasteiger partial charge in [0.2, 0.25) is 0 Å². The van der Waals surface area contributed by atoms with Crippen LogP contribution >= 0.6 is 0 Å². The molecule has 1 aromatic carbocycles. The molecular formula is C15H20N2O2. The maximum Gasteiger partial charge on any atom is 0.307 e. The molecule has 1 heterocycles. The molecule has 2 N–H and O–H groups in total. The first-order valence-corrected chi connectivity index (χ1v) is 6.54. The standard InChI is InChI=1S/C15H20N2O2/c1-11(15(18)19)10-17(2)8-7-12-9-16-14-6-4-3-5-13(12)14/h3-6,9,11,16H,7-8,10H2,1-2H3,(H,18,19). The lowest BCUT2D eigenvalue weighted by Gasteiger charge is -2.18. The first kappa shape index (κ1) is 13.6. The highest BCUT2D eigenvalue weighted by molar-refractivity contribution is 5.83. The van der Waals surface area contributed by atoms with Gasteiger partial charge in [-0.15, -0.1) is 0 Å². The van der Waals surface area contributed by atoms with Crippen LogP contribution in [0.3, 0.4) is 0 Å². The Morgan fingerprint density at radius 1 is 1.42 bits per heavy atom. The van der Waals surface area contributed by atoms with Gasteiger partial charge in [0.25, 0.3) is 0 Å². The summed E-state index contributed by atoms with van der Waals surface area (Å²) in [6.07, 6.45) is 2.96. The minimum atomic E-state index is -0.737. The van der Waals surface area contributed by atoms with E-state index < -0.39 is 5.97 Å². The number of hydrogen-bond acceptors (Lipinski definition) is 2. The number of benzene rings is 1. The minimum absolute atomic E-state index is 0.326. The summed E-state index contributed by atoms with van der Waals surface area (Å²) in [6, 6.07) is 8.23. The first-order valence-electron chi connectivity index (χ1n) is 6.54. The Bertz CT molecular complexity index is 562. The van der Waals surface area contributed by atoms with E-state index in [9.17, 15) is 4.79 Å². The average Bonchev–Trinajstić information content (AvgIpc) is 2.79. The van der Waals surface area contributed by atoms with Crippen molar-refractivity contribution in [1.29, 1.82) is 0 Å². The van der Waals surface area contributed by atoms with E-state index in [4.69, 9.17) is 5.11 Å². The summed E-state index contributed by atoms with van der Waals surface area (Å²) in [5.74, 6) is -1.06. The number of carbonyl (C=O) groups is 1. The Labute approximate surface area is 113 Å². The summed E-state index contributed by atoms with van der Waals surface area (Å²) in [6.45, 7) is 3.18. The minimum Gasteiger partial charge on any atom is -0.481 e. The number of fused-ring (bicyclic) bond motifs is 1. The van der Waals surface area contributed by atoms with Gasteiger partial charge < -0.3 is 15.0 Å². The number of likely N-dealkylation sites (N-methyl/N-ethyl adjacent to an activating group) is 1. The van der Waals surface area contributed by atoms with E-state index in [-0.39, 0.29) is 5.92 Å². The molecule has 1 aromatic heterocycles. The van der Waals surface area contributed by atoms with Crippen molar-refractivity contribution in [1.82, 2.24) is 9.88 Å². The molecule has 0 amide bonds. The molecule has 4 heteroatoms. The second-order valence-electron chi connectivity index (χ2n) is 5.11. The molecule has 2 rings (SSSR count). The molecule has 0 saturated heterocycles. The molecule has 0 fully saturated rings. The van der Waals surface area contributed by atoms with Gasteiger partial charge >= 0.3 is 5.97 Å². The molecule has 1 atom stereocenters. The molecule has 0 saturated carbocycles. The molecule has 102 valence electrons. The summed E-state index contributed by atoms with van der Waals surface area (Å²) in [7, 11) is 1.97. The van der Waals surface area contributed by atoms with Crippen LogP contribution in [0.15, 0.2) is 30.5 Å². The summed E-state index contributed by atoms with van der Waals surface area (Å²) in [5.41, 5.74) is 2.43. The van der Waals surface area contributed by atoms with Crippen molar-refractivity contribution >= 4 is 16.9 Å². The maximum atomic E-state index is 10.8. The van der Waals surface area contributed by atoms with Crippen molar-refractivity contribution in [3.05, 3.63) is 36.0 Å². The van der Waals surface area contributed by atoms with Crippen LogP contribution in [0.2, 0.25) is 0 Å². The van der Waals surface area contributed by atoms with E-state index in [1.807, 2.05) is 25.4 Å². The van der Waals surface area contributed by atoms with Crippen LogP contribution in [0.25, 0.3) is 10.9 Å². The van der Waals surface area contributed by atoms with Gasteiger partial charge in [0, 0.05) is 30.2 Å². The third-order valence-electron chi connectivity index (χ3n) is 3.44. The molecule has 0 spiro atoms. The van der Waals surface area contributed by atoms with Crippen LogP contribution in [0.4, 0.5) is 0 Å². The van der Waals surface area contributed by atoms with Gasteiger partial charge in [0.05, 0.1) is 5.92 Å². The monoisotopic (exact) mass is 260 g/mol. The van der Waals surface area contributed by atoms with E-state index in [2.05, 4.69) is 22.0 Å². The predicted molar refractivity (Wildman–Crippen MR) is 76.3 cm³/mol. The molecular weight excluding hydrogens is 240 g/mol. The molecule has 0 aliphatic carbocycles. The first-order chi connectivity index (χ1) is 9.08. The second kappa shape index (κ2) is 5.89. The van der Waals surface area contributed by atoms with Gasteiger partial charge in [-0.05, 0) is 25.1 Å². The van der Waals surface area contributed by atoms with Crippen molar-refractivity contribution in [2.75, 3.05) is 20.1 Å². The molecule has 0 bridgehead atoms. The van der Waals surface area contributed by atoms with Crippen LogP contribution in [-0.2, 0) is 11.2 Å². The summed E-state index contributed by atoms with van der Waals surface area (Å²) in [4.78, 5) is 16.1. The fourth-order valence-electron chi connectivity index (χ4n) is 2.29. The molecule has 0 aliphatic heterocycles. The average molecular weight is 260 g/mol. The number of aromatic nitrogens is 1. The number of rotatable bonds is 6.